The van der Waals surface area contributed by atoms with E-state index in [9.17, 15) is 9.59 Å². The summed E-state index contributed by atoms with van der Waals surface area (Å²) in [6.45, 7) is 5.79. The molecule has 4 aromatic rings. The Kier molecular flexibility index (Phi) is 8.82. The Hall–Kier alpha value is -3.59. The van der Waals surface area contributed by atoms with Crippen LogP contribution in [0.4, 0.5) is 0 Å². The summed E-state index contributed by atoms with van der Waals surface area (Å²) >= 11 is 8.91. The molecule has 0 amide bonds. The second-order valence-electron chi connectivity index (χ2n) is 9.80. The minimum atomic E-state index is -0.649. The predicted molar refractivity (Wildman–Crippen MR) is 165 cm³/mol. The molecule has 0 fully saturated rings. The van der Waals surface area contributed by atoms with Crippen LogP contribution < -0.4 is 19.6 Å². The number of hydrogen-bond donors (Lipinski definition) is 0. The number of nitrogens with zero attached hydrogens (tertiary/aromatic N) is 2. The summed E-state index contributed by atoms with van der Waals surface area (Å²) in [6, 6.07) is 22.3. The first kappa shape index (κ1) is 28.9. The van der Waals surface area contributed by atoms with Crippen LogP contribution in [-0.2, 0) is 16.1 Å². The molecule has 41 heavy (non-hydrogen) atoms. The van der Waals surface area contributed by atoms with E-state index in [1.807, 2.05) is 85.1 Å². The van der Waals surface area contributed by atoms with Gasteiger partial charge in [-0.25, -0.2) is 9.79 Å². The zero-order chi connectivity index (χ0) is 29.1. The lowest BCUT2D eigenvalue weighted by Crippen LogP contribution is -2.40. The van der Waals surface area contributed by atoms with Gasteiger partial charge in [-0.2, -0.15) is 0 Å². The second kappa shape index (κ2) is 12.5. The van der Waals surface area contributed by atoms with Gasteiger partial charge < -0.3 is 9.47 Å². The number of carbonyl (C=O) groups excluding carboxylic acids is 1. The Labute approximate surface area is 251 Å². The Morgan fingerprint density at radius 2 is 1.85 bits per heavy atom. The number of thioether (sulfide) groups is 1. The third-order valence-corrected chi connectivity index (χ3v) is 8.47. The van der Waals surface area contributed by atoms with E-state index in [0.717, 1.165) is 21.6 Å². The van der Waals surface area contributed by atoms with Gasteiger partial charge in [0.25, 0.3) is 5.56 Å². The van der Waals surface area contributed by atoms with Crippen LogP contribution in [0.15, 0.2) is 98.7 Å². The molecular formula is C32H29ClN2O4S2. The smallest absolute Gasteiger partial charge is 0.338 e. The third-order valence-electron chi connectivity index (χ3n) is 6.49. The number of esters is 1. The lowest BCUT2D eigenvalue weighted by molar-refractivity contribution is -0.143. The number of thiazole rings is 1. The molecule has 1 atom stereocenters. The van der Waals surface area contributed by atoms with Crippen molar-refractivity contribution in [1.82, 2.24) is 4.57 Å². The molecule has 0 saturated heterocycles. The van der Waals surface area contributed by atoms with Crippen LogP contribution in [0.2, 0.25) is 5.02 Å². The fourth-order valence-electron chi connectivity index (χ4n) is 4.55. The molecule has 0 bridgehead atoms. The zero-order valence-electron chi connectivity index (χ0n) is 23.1. The number of halogens is 1. The second-order valence-corrected chi connectivity index (χ2v) is 12.1. The van der Waals surface area contributed by atoms with Crippen LogP contribution in [0.5, 0.6) is 5.75 Å². The van der Waals surface area contributed by atoms with Crippen LogP contribution in [0, 0.1) is 0 Å². The highest BCUT2D eigenvalue weighted by atomic mass is 35.5. The lowest BCUT2D eigenvalue weighted by Gasteiger charge is -2.25. The number of carbonyl (C=O) groups is 1. The molecule has 5 rings (SSSR count). The summed E-state index contributed by atoms with van der Waals surface area (Å²) in [5, 5.41) is 0.676. The molecule has 1 aliphatic rings. The van der Waals surface area contributed by atoms with Crippen molar-refractivity contribution in [3.8, 4) is 5.75 Å². The van der Waals surface area contributed by atoms with E-state index >= 15 is 0 Å². The topological polar surface area (TPSA) is 69.9 Å². The van der Waals surface area contributed by atoms with Gasteiger partial charge in [-0.05, 0) is 86.2 Å². The van der Waals surface area contributed by atoms with E-state index in [1.54, 1.807) is 37.1 Å². The van der Waals surface area contributed by atoms with E-state index in [4.69, 9.17) is 21.1 Å². The van der Waals surface area contributed by atoms with E-state index in [-0.39, 0.29) is 11.7 Å². The Morgan fingerprint density at radius 3 is 2.54 bits per heavy atom. The van der Waals surface area contributed by atoms with Crippen molar-refractivity contribution in [2.24, 2.45) is 4.99 Å². The molecule has 9 heteroatoms. The van der Waals surface area contributed by atoms with Crippen molar-refractivity contribution in [2.75, 3.05) is 6.26 Å². The zero-order valence-corrected chi connectivity index (χ0v) is 25.5. The van der Waals surface area contributed by atoms with Crippen LogP contribution in [0.1, 0.15) is 43.5 Å². The standard InChI is InChI=1S/C32H29ClN2O4S2/c1-19(2)39-31(37)28-20(3)34-32-35(29(28)23-10-14-26(40-4)15-11-23)30(36)27(41-32)17-22-6-5-7-25(16-22)38-18-21-8-12-24(33)13-9-21/h5-17,19,29H,18H2,1-4H3/b27-17+/t29-/m0/s1. The Bertz CT molecular complexity index is 1790. The van der Waals surface area contributed by atoms with Crippen LogP contribution in [0.25, 0.3) is 6.08 Å². The van der Waals surface area contributed by atoms with Crippen LogP contribution in [0.3, 0.4) is 0 Å². The molecule has 0 radical (unpaired) electrons. The average Bonchev–Trinajstić information content (AvgIpc) is 3.25. The average molecular weight is 605 g/mol. The van der Waals surface area contributed by atoms with Gasteiger partial charge in [0.2, 0.25) is 0 Å². The van der Waals surface area contributed by atoms with Gasteiger partial charge in [0.1, 0.15) is 12.4 Å². The normalized spacial score (nSPS) is 15.1. The molecule has 0 aliphatic carbocycles. The predicted octanol–water partition coefficient (Wildman–Crippen LogP) is 6.14. The van der Waals surface area contributed by atoms with E-state index in [1.165, 1.54) is 11.3 Å². The Morgan fingerprint density at radius 1 is 1.12 bits per heavy atom. The lowest BCUT2D eigenvalue weighted by atomic mass is 9.96. The maximum atomic E-state index is 13.9. The number of fused-ring (bicyclic) bond motifs is 1. The van der Waals surface area contributed by atoms with E-state index < -0.39 is 12.0 Å². The number of aromatic nitrogens is 1. The first-order valence-electron chi connectivity index (χ1n) is 13.1. The summed E-state index contributed by atoms with van der Waals surface area (Å²) in [4.78, 5) is 33.5. The molecule has 210 valence electrons. The fraction of sp³-hybridized carbons (Fsp3) is 0.219. The van der Waals surface area contributed by atoms with E-state index in [2.05, 4.69) is 4.99 Å². The number of allylic oxidation sites excluding steroid dienone is 1. The molecule has 1 aromatic heterocycles. The Balaban J connectivity index is 1.54. The summed E-state index contributed by atoms with van der Waals surface area (Å²) in [5.74, 6) is 0.211. The molecule has 0 spiro atoms. The molecule has 0 unspecified atom stereocenters. The van der Waals surface area contributed by atoms with Gasteiger partial charge >= 0.3 is 5.97 Å². The number of ether oxygens (including phenoxy) is 2. The first-order valence-corrected chi connectivity index (χ1v) is 15.5. The van der Waals surface area contributed by atoms with E-state index in [0.29, 0.717) is 38.0 Å². The molecular weight excluding hydrogens is 576 g/mol. The van der Waals surface area contributed by atoms with Gasteiger partial charge in [-0.3, -0.25) is 9.36 Å². The molecule has 0 N–H and O–H groups in total. The highest BCUT2D eigenvalue weighted by Crippen LogP contribution is 2.32. The van der Waals surface area contributed by atoms with Gasteiger partial charge in [0, 0.05) is 9.92 Å². The highest BCUT2D eigenvalue weighted by molar-refractivity contribution is 7.98. The number of benzene rings is 3. The molecule has 0 saturated carbocycles. The molecule has 1 aliphatic heterocycles. The van der Waals surface area contributed by atoms with Crippen molar-refractivity contribution in [2.45, 2.75) is 44.4 Å². The van der Waals surface area contributed by atoms with Crippen molar-refractivity contribution in [3.63, 3.8) is 0 Å². The van der Waals surface area contributed by atoms with Gasteiger partial charge in [-0.15, -0.1) is 11.8 Å². The maximum absolute atomic E-state index is 13.9. The molecule has 6 nitrogen and oxygen atoms in total. The molecule has 2 heterocycles. The van der Waals surface area contributed by atoms with Crippen molar-refractivity contribution < 1.29 is 14.3 Å². The summed E-state index contributed by atoms with van der Waals surface area (Å²) < 4.78 is 13.7. The summed E-state index contributed by atoms with van der Waals surface area (Å²) in [5.41, 5.74) is 3.33. The fourth-order valence-corrected chi connectivity index (χ4v) is 6.14. The van der Waals surface area contributed by atoms with Crippen LogP contribution in [-0.4, -0.2) is 22.9 Å². The van der Waals surface area contributed by atoms with Crippen molar-refractivity contribution in [3.05, 3.63) is 125 Å². The first-order chi connectivity index (χ1) is 19.7. The summed E-state index contributed by atoms with van der Waals surface area (Å²) in [6.07, 6.45) is 3.53. The maximum Gasteiger partial charge on any atom is 0.338 e. The minimum Gasteiger partial charge on any atom is -0.489 e. The summed E-state index contributed by atoms with van der Waals surface area (Å²) in [7, 11) is 0. The number of hydrogen-bond acceptors (Lipinski definition) is 7. The van der Waals surface area contributed by atoms with Crippen molar-refractivity contribution >= 4 is 46.7 Å². The monoisotopic (exact) mass is 604 g/mol. The van der Waals surface area contributed by atoms with Crippen molar-refractivity contribution in [1.29, 1.82) is 0 Å². The highest BCUT2D eigenvalue weighted by Gasteiger charge is 2.33. The third kappa shape index (κ3) is 6.50. The minimum absolute atomic E-state index is 0.220. The van der Waals surface area contributed by atoms with Gasteiger partial charge in [0.15, 0.2) is 4.80 Å². The molecule has 3 aromatic carbocycles. The van der Waals surface area contributed by atoms with Gasteiger partial charge in [0.05, 0.1) is 27.9 Å². The SMILES string of the molecule is CSc1ccc([C@H]2C(C(=O)OC(C)C)=C(C)N=c3s/c(=C/c4cccc(OCc5ccc(Cl)cc5)c4)c(=O)n32)cc1. The van der Waals surface area contributed by atoms with Gasteiger partial charge in [-0.1, -0.05) is 59.3 Å². The van der Waals surface area contributed by atoms with Crippen LogP contribution >= 0.6 is 34.7 Å². The number of rotatable bonds is 8. The largest absolute Gasteiger partial charge is 0.489 e. The quantitative estimate of drug-likeness (QED) is 0.178.